The van der Waals surface area contributed by atoms with E-state index in [9.17, 15) is 0 Å². The summed E-state index contributed by atoms with van der Waals surface area (Å²) in [6.07, 6.45) is 0. The number of nitrogens with two attached hydrogens (primary N) is 1. The third kappa shape index (κ3) is 2.50. The summed E-state index contributed by atoms with van der Waals surface area (Å²) in [5.74, 6) is 0. The Morgan fingerprint density at radius 3 is 2.74 bits per heavy atom. The molecule has 3 aromatic rings. The number of aromatic nitrogens is 1. The Bertz CT molecular complexity index is 736. The van der Waals surface area contributed by atoms with Gasteiger partial charge in [-0.25, -0.2) is 0 Å². The van der Waals surface area contributed by atoms with Crippen molar-refractivity contribution in [2.75, 3.05) is 0 Å². The fraction of sp³-hybridized carbons (Fsp3) is 0.133. The van der Waals surface area contributed by atoms with Gasteiger partial charge in [0.25, 0.3) is 0 Å². The van der Waals surface area contributed by atoms with Crippen LogP contribution in [-0.4, -0.2) is 4.98 Å². The lowest BCUT2D eigenvalue weighted by Gasteiger charge is -2.11. The van der Waals surface area contributed by atoms with Crippen LogP contribution in [0.1, 0.15) is 22.2 Å². The van der Waals surface area contributed by atoms with Gasteiger partial charge in [-0.05, 0) is 42.8 Å². The summed E-state index contributed by atoms with van der Waals surface area (Å²) in [7, 11) is 0. The standard InChI is InChI=1S/C15H13ClN2S/c1-9-2-3-10-8-11(4-5-12(10)18-9)15(17)13-6-7-14(16)19-13/h2-8,15H,17H2,1H3. The van der Waals surface area contributed by atoms with Gasteiger partial charge in [-0.1, -0.05) is 23.7 Å². The van der Waals surface area contributed by atoms with Crippen LogP contribution in [-0.2, 0) is 0 Å². The van der Waals surface area contributed by atoms with Crippen LogP contribution >= 0.6 is 22.9 Å². The number of benzene rings is 1. The molecule has 0 aliphatic rings. The largest absolute Gasteiger partial charge is 0.320 e. The van der Waals surface area contributed by atoms with Gasteiger partial charge in [0.2, 0.25) is 0 Å². The topological polar surface area (TPSA) is 38.9 Å². The van der Waals surface area contributed by atoms with Gasteiger partial charge in [-0.2, -0.15) is 0 Å². The average molecular weight is 289 g/mol. The third-order valence-corrected chi connectivity index (χ3v) is 4.43. The maximum atomic E-state index is 6.28. The Kier molecular flexibility index (Phi) is 3.27. The van der Waals surface area contributed by atoms with E-state index < -0.39 is 0 Å². The molecule has 0 spiro atoms. The van der Waals surface area contributed by atoms with E-state index in [1.54, 1.807) is 0 Å². The molecule has 3 rings (SSSR count). The molecule has 2 N–H and O–H groups in total. The van der Waals surface area contributed by atoms with E-state index in [4.69, 9.17) is 17.3 Å². The quantitative estimate of drug-likeness (QED) is 0.763. The summed E-state index contributed by atoms with van der Waals surface area (Å²) in [4.78, 5) is 5.57. The van der Waals surface area contributed by atoms with Gasteiger partial charge in [0.05, 0.1) is 15.9 Å². The van der Waals surface area contributed by atoms with Gasteiger partial charge >= 0.3 is 0 Å². The molecule has 0 radical (unpaired) electrons. The minimum absolute atomic E-state index is 0.136. The third-order valence-electron chi connectivity index (χ3n) is 3.11. The van der Waals surface area contributed by atoms with Crippen LogP contribution in [0.3, 0.4) is 0 Å². The van der Waals surface area contributed by atoms with E-state index in [1.807, 2.05) is 37.3 Å². The van der Waals surface area contributed by atoms with E-state index in [0.29, 0.717) is 0 Å². The van der Waals surface area contributed by atoms with Crippen LogP contribution in [0.15, 0.2) is 42.5 Å². The summed E-state index contributed by atoms with van der Waals surface area (Å²) < 4.78 is 0.767. The van der Waals surface area contributed by atoms with Crippen molar-refractivity contribution in [3.05, 3.63) is 62.9 Å². The number of nitrogens with zero attached hydrogens (tertiary/aromatic N) is 1. The number of aryl methyl sites for hydroxylation is 1. The van der Waals surface area contributed by atoms with Gasteiger partial charge < -0.3 is 5.73 Å². The Balaban J connectivity index is 2.03. The van der Waals surface area contributed by atoms with Crippen LogP contribution in [0.25, 0.3) is 10.9 Å². The van der Waals surface area contributed by atoms with Crippen LogP contribution in [0, 0.1) is 6.92 Å². The summed E-state index contributed by atoms with van der Waals surface area (Å²) in [6.45, 7) is 1.99. The normalized spacial score (nSPS) is 12.8. The number of fused-ring (bicyclic) bond motifs is 1. The first kappa shape index (κ1) is 12.6. The molecular weight excluding hydrogens is 276 g/mol. The fourth-order valence-electron chi connectivity index (χ4n) is 2.10. The highest BCUT2D eigenvalue weighted by molar-refractivity contribution is 7.16. The molecule has 2 heterocycles. The smallest absolute Gasteiger partial charge is 0.0931 e. The van der Waals surface area contributed by atoms with Gasteiger partial charge in [0.1, 0.15) is 0 Å². The first-order valence-electron chi connectivity index (χ1n) is 6.01. The molecule has 1 aromatic carbocycles. The number of thiophene rings is 1. The first-order chi connectivity index (χ1) is 9.13. The molecule has 0 amide bonds. The Hall–Kier alpha value is -1.42. The monoisotopic (exact) mass is 288 g/mol. The van der Waals surface area contributed by atoms with Crippen LogP contribution in [0.4, 0.5) is 0 Å². The maximum Gasteiger partial charge on any atom is 0.0931 e. The van der Waals surface area contributed by atoms with Gasteiger partial charge in [-0.3, -0.25) is 4.98 Å². The molecule has 0 fully saturated rings. The molecule has 2 aromatic heterocycles. The Morgan fingerprint density at radius 1 is 1.16 bits per heavy atom. The minimum atomic E-state index is -0.136. The lowest BCUT2D eigenvalue weighted by atomic mass is 10.0. The van der Waals surface area contributed by atoms with Gasteiger partial charge in [-0.15, -0.1) is 11.3 Å². The molecule has 0 saturated heterocycles. The molecule has 2 nitrogen and oxygen atoms in total. The van der Waals surface area contributed by atoms with E-state index in [2.05, 4.69) is 17.1 Å². The van der Waals surface area contributed by atoms with Crippen LogP contribution < -0.4 is 5.73 Å². The zero-order valence-electron chi connectivity index (χ0n) is 10.4. The van der Waals surface area contributed by atoms with Gasteiger partial charge in [0, 0.05) is 16.0 Å². The number of rotatable bonds is 2. The van der Waals surface area contributed by atoms with Crippen LogP contribution in [0.5, 0.6) is 0 Å². The number of hydrogen-bond donors (Lipinski definition) is 1. The van der Waals surface area contributed by atoms with Crippen molar-refractivity contribution in [3.63, 3.8) is 0 Å². The highest BCUT2D eigenvalue weighted by Gasteiger charge is 2.12. The molecule has 0 saturated carbocycles. The SMILES string of the molecule is Cc1ccc2cc(C(N)c3ccc(Cl)s3)ccc2n1. The highest BCUT2D eigenvalue weighted by atomic mass is 35.5. The first-order valence-corrected chi connectivity index (χ1v) is 7.21. The molecule has 1 atom stereocenters. The number of hydrogen-bond acceptors (Lipinski definition) is 3. The second-order valence-electron chi connectivity index (χ2n) is 4.52. The zero-order chi connectivity index (χ0) is 13.4. The van der Waals surface area contributed by atoms with Crippen LogP contribution in [0.2, 0.25) is 4.34 Å². The summed E-state index contributed by atoms with van der Waals surface area (Å²) in [5.41, 5.74) is 9.39. The molecule has 0 aliphatic heterocycles. The molecule has 0 bridgehead atoms. The molecule has 96 valence electrons. The van der Waals surface area contributed by atoms with Crippen molar-refractivity contribution in [2.45, 2.75) is 13.0 Å². The molecule has 19 heavy (non-hydrogen) atoms. The lowest BCUT2D eigenvalue weighted by Crippen LogP contribution is -2.09. The van der Waals surface area contributed by atoms with Crippen molar-refractivity contribution in [1.82, 2.24) is 4.98 Å². The lowest BCUT2D eigenvalue weighted by molar-refractivity contribution is 0.895. The number of halogens is 1. The van der Waals surface area contributed by atoms with Gasteiger partial charge in [0.15, 0.2) is 0 Å². The highest BCUT2D eigenvalue weighted by Crippen LogP contribution is 2.30. The fourth-order valence-corrected chi connectivity index (χ4v) is 3.19. The predicted octanol–water partition coefficient (Wildman–Crippen LogP) is 4.31. The Labute approximate surface area is 120 Å². The van der Waals surface area contributed by atoms with Crippen molar-refractivity contribution < 1.29 is 0 Å². The summed E-state index contributed by atoms with van der Waals surface area (Å²) in [5, 5.41) is 1.11. The molecule has 0 aliphatic carbocycles. The Morgan fingerprint density at radius 2 is 2.00 bits per heavy atom. The predicted molar refractivity (Wildman–Crippen MR) is 81.8 cm³/mol. The summed E-state index contributed by atoms with van der Waals surface area (Å²) >= 11 is 7.48. The number of pyridine rings is 1. The summed E-state index contributed by atoms with van der Waals surface area (Å²) in [6, 6.07) is 14.0. The van der Waals surface area contributed by atoms with E-state index >= 15 is 0 Å². The van der Waals surface area contributed by atoms with Crippen molar-refractivity contribution in [3.8, 4) is 0 Å². The second-order valence-corrected chi connectivity index (χ2v) is 6.27. The van der Waals surface area contributed by atoms with E-state index in [-0.39, 0.29) is 6.04 Å². The average Bonchev–Trinajstić information content (AvgIpc) is 2.84. The van der Waals surface area contributed by atoms with E-state index in [1.165, 1.54) is 11.3 Å². The van der Waals surface area contributed by atoms with Crippen molar-refractivity contribution in [2.24, 2.45) is 5.73 Å². The molecular formula is C15H13ClN2S. The molecule has 1 unspecified atom stereocenters. The minimum Gasteiger partial charge on any atom is -0.320 e. The van der Waals surface area contributed by atoms with E-state index in [0.717, 1.165) is 31.4 Å². The van der Waals surface area contributed by atoms with Crippen molar-refractivity contribution >= 4 is 33.8 Å². The zero-order valence-corrected chi connectivity index (χ0v) is 12.0. The second kappa shape index (κ2) is 4.93. The maximum absolute atomic E-state index is 6.28. The molecule has 4 heteroatoms. The van der Waals surface area contributed by atoms with Crippen molar-refractivity contribution in [1.29, 1.82) is 0 Å².